The molecular weight excluding hydrogens is 406 g/mol. The smallest absolute Gasteiger partial charge is 0.265 e. The van der Waals surface area contributed by atoms with Gasteiger partial charge in [0.2, 0.25) is 5.91 Å². The lowest BCUT2D eigenvalue weighted by atomic mass is 10.0. The number of benzene rings is 2. The Morgan fingerprint density at radius 2 is 1.77 bits per heavy atom. The third kappa shape index (κ3) is 5.52. The van der Waals surface area contributed by atoms with Gasteiger partial charge in [0.15, 0.2) is 0 Å². The zero-order valence-corrected chi connectivity index (χ0v) is 19.3. The fraction of sp³-hybridized carbons (Fsp3) is 0.280. The van der Waals surface area contributed by atoms with Gasteiger partial charge in [-0.05, 0) is 47.7 Å². The lowest BCUT2D eigenvalue weighted by molar-refractivity contribution is -0.133. The van der Waals surface area contributed by atoms with E-state index in [0.717, 1.165) is 22.5 Å². The zero-order valence-electron chi connectivity index (χ0n) is 18.5. The van der Waals surface area contributed by atoms with Crippen LogP contribution >= 0.6 is 11.3 Å². The molecule has 2 aromatic carbocycles. The summed E-state index contributed by atoms with van der Waals surface area (Å²) in [5, 5.41) is 4.86. The average Bonchev–Trinajstić information content (AvgIpc) is 3.32. The lowest BCUT2D eigenvalue weighted by Gasteiger charge is -2.31. The summed E-state index contributed by atoms with van der Waals surface area (Å²) in [4.78, 5) is 30.0. The van der Waals surface area contributed by atoms with Gasteiger partial charge in [0, 0.05) is 38.4 Å². The molecule has 3 aromatic rings. The highest BCUT2D eigenvalue weighted by molar-refractivity contribution is 7.12. The molecule has 0 aliphatic rings. The molecule has 0 saturated heterocycles. The van der Waals surface area contributed by atoms with Crippen molar-refractivity contribution >= 4 is 34.5 Å². The predicted molar refractivity (Wildman–Crippen MR) is 129 cm³/mol. The van der Waals surface area contributed by atoms with Crippen molar-refractivity contribution in [3.8, 4) is 0 Å². The van der Waals surface area contributed by atoms with E-state index in [9.17, 15) is 9.59 Å². The molecule has 0 saturated carbocycles. The second kappa shape index (κ2) is 10.3. The molecule has 162 valence electrons. The number of hydrogen-bond donors (Lipinski definition) is 1. The van der Waals surface area contributed by atoms with Crippen LogP contribution in [0.4, 0.5) is 11.4 Å². The van der Waals surface area contributed by atoms with Gasteiger partial charge in [0.25, 0.3) is 5.91 Å². The highest BCUT2D eigenvalue weighted by Crippen LogP contribution is 2.29. The van der Waals surface area contributed by atoms with Crippen molar-refractivity contribution < 1.29 is 9.59 Å². The minimum absolute atomic E-state index is 0.0620. The Kier molecular flexibility index (Phi) is 7.47. The van der Waals surface area contributed by atoms with Crippen molar-refractivity contribution in [2.45, 2.75) is 32.9 Å². The van der Waals surface area contributed by atoms with Crippen LogP contribution in [0.2, 0.25) is 0 Å². The number of nitrogens with zero attached hydrogens (tertiary/aromatic N) is 2. The standard InChI is InChI=1S/C25H29N3O2S/c1-5-24(29)28(18(2)19-10-7-6-8-11-19)17-20-16-21(13-14-22(20)27(3)4)26-25(30)23-12-9-15-31-23/h6-16,18H,5,17H2,1-4H3,(H,26,30). The molecule has 0 bridgehead atoms. The molecule has 3 rings (SSSR count). The van der Waals surface area contributed by atoms with Crippen molar-refractivity contribution in [1.29, 1.82) is 0 Å². The Labute approximate surface area is 188 Å². The Bertz CT molecular complexity index is 1020. The maximum Gasteiger partial charge on any atom is 0.265 e. The van der Waals surface area contributed by atoms with Gasteiger partial charge in [-0.2, -0.15) is 0 Å². The average molecular weight is 436 g/mol. The van der Waals surface area contributed by atoms with Crippen molar-refractivity contribution in [3.05, 3.63) is 82.0 Å². The van der Waals surface area contributed by atoms with Crippen LogP contribution in [0.25, 0.3) is 0 Å². The molecule has 31 heavy (non-hydrogen) atoms. The summed E-state index contributed by atoms with van der Waals surface area (Å²) in [6.07, 6.45) is 0.434. The summed E-state index contributed by atoms with van der Waals surface area (Å²) in [5.74, 6) is -0.0354. The molecule has 5 nitrogen and oxygen atoms in total. The third-order valence-electron chi connectivity index (χ3n) is 5.28. The SMILES string of the molecule is CCC(=O)N(Cc1cc(NC(=O)c2cccs2)ccc1N(C)C)C(C)c1ccccc1. The summed E-state index contributed by atoms with van der Waals surface area (Å²) in [6, 6.07) is 19.5. The largest absolute Gasteiger partial charge is 0.377 e. The van der Waals surface area contributed by atoms with Gasteiger partial charge >= 0.3 is 0 Å². The zero-order chi connectivity index (χ0) is 22.4. The molecule has 0 radical (unpaired) electrons. The molecule has 0 spiro atoms. The summed E-state index contributed by atoms with van der Waals surface area (Å²) in [6.45, 7) is 4.40. The number of anilines is 2. The molecule has 2 amide bonds. The van der Waals surface area contributed by atoms with Crippen LogP contribution in [0, 0.1) is 0 Å². The number of carbonyl (C=O) groups is 2. The monoisotopic (exact) mass is 435 g/mol. The number of amides is 2. The first-order valence-electron chi connectivity index (χ1n) is 10.4. The topological polar surface area (TPSA) is 52.7 Å². The molecule has 0 aliphatic heterocycles. The van der Waals surface area contributed by atoms with Crippen LogP contribution in [0.3, 0.4) is 0 Å². The van der Waals surface area contributed by atoms with Crippen LogP contribution in [-0.4, -0.2) is 30.8 Å². The Morgan fingerprint density at radius 1 is 1.03 bits per heavy atom. The maximum atomic E-state index is 12.9. The molecule has 1 N–H and O–H groups in total. The van der Waals surface area contributed by atoms with E-state index in [1.807, 2.05) is 90.8 Å². The third-order valence-corrected chi connectivity index (χ3v) is 6.15. The predicted octanol–water partition coefficient (Wildman–Crippen LogP) is 5.57. The van der Waals surface area contributed by atoms with Crippen LogP contribution in [0.5, 0.6) is 0 Å². The molecule has 1 heterocycles. The van der Waals surface area contributed by atoms with Gasteiger partial charge in [-0.3, -0.25) is 9.59 Å². The molecule has 1 atom stereocenters. The van der Waals surface area contributed by atoms with Crippen molar-refractivity contribution in [3.63, 3.8) is 0 Å². The summed E-state index contributed by atoms with van der Waals surface area (Å²) < 4.78 is 0. The Hall–Kier alpha value is -3.12. The van der Waals surface area contributed by atoms with Crippen LogP contribution < -0.4 is 10.2 Å². The van der Waals surface area contributed by atoms with Crippen LogP contribution in [-0.2, 0) is 11.3 Å². The summed E-state index contributed by atoms with van der Waals surface area (Å²) in [5.41, 5.74) is 3.81. The quantitative estimate of drug-likeness (QED) is 0.503. The first kappa shape index (κ1) is 22.6. The molecular formula is C25H29N3O2S. The highest BCUT2D eigenvalue weighted by atomic mass is 32.1. The molecule has 1 aromatic heterocycles. The van der Waals surface area contributed by atoms with Gasteiger partial charge in [-0.15, -0.1) is 11.3 Å². The van der Waals surface area contributed by atoms with E-state index < -0.39 is 0 Å². The van der Waals surface area contributed by atoms with Crippen molar-refractivity contribution in [1.82, 2.24) is 4.90 Å². The molecule has 0 fully saturated rings. The molecule has 1 unspecified atom stereocenters. The highest BCUT2D eigenvalue weighted by Gasteiger charge is 2.22. The van der Waals surface area contributed by atoms with E-state index in [-0.39, 0.29) is 17.9 Å². The number of carbonyl (C=O) groups excluding carboxylic acids is 2. The lowest BCUT2D eigenvalue weighted by Crippen LogP contribution is -2.33. The second-order valence-electron chi connectivity index (χ2n) is 7.63. The Balaban J connectivity index is 1.91. The van der Waals surface area contributed by atoms with Crippen LogP contribution in [0.1, 0.15) is 47.1 Å². The van der Waals surface area contributed by atoms with Gasteiger partial charge in [0.1, 0.15) is 0 Å². The van der Waals surface area contributed by atoms with Crippen molar-refractivity contribution in [2.75, 3.05) is 24.3 Å². The van der Waals surface area contributed by atoms with E-state index in [0.29, 0.717) is 17.8 Å². The van der Waals surface area contributed by atoms with E-state index in [4.69, 9.17) is 0 Å². The van der Waals surface area contributed by atoms with E-state index in [2.05, 4.69) is 12.2 Å². The first-order valence-corrected chi connectivity index (χ1v) is 11.3. The van der Waals surface area contributed by atoms with E-state index in [1.54, 1.807) is 6.07 Å². The maximum absolute atomic E-state index is 12.9. The van der Waals surface area contributed by atoms with Gasteiger partial charge in [-0.25, -0.2) is 0 Å². The number of nitrogens with one attached hydrogen (secondary N) is 1. The van der Waals surface area contributed by atoms with E-state index >= 15 is 0 Å². The Morgan fingerprint density at radius 3 is 2.39 bits per heavy atom. The minimum Gasteiger partial charge on any atom is -0.377 e. The number of rotatable bonds is 8. The number of hydrogen-bond acceptors (Lipinski definition) is 4. The van der Waals surface area contributed by atoms with Gasteiger partial charge < -0.3 is 15.1 Å². The number of thiophene rings is 1. The fourth-order valence-corrected chi connectivity index (χ4v) is 4.18. The van der Waals surface area contributed by atoms with E-state index in [1.165, 1.54) is 11.3 Å². The van der Waals surface area contributed by atoms with Crippen molar-refractivity contribution in [2.24, 2.45) is 0 Å². The van der Waals surface area contributed by atoms with Crippen LogP contribution in [0.15, 0.2) is 66.0 Å². The minimum atomic E-state index is -0.127. The molecule has 0 aliphatic carbocycles. The summed E-state index contributed by atoms with van der Waals surface area (Å²) >= 11 is 1.41. The normalized spacial score (nSPS) is 11.6. The summed E-state index contributed by atoms with van der Waals surface area (Å²) in [7, 11) is 3.96. The molecule has 6 heteroatoms. The van der Waals surface area contributed by atoms with Gasteiger partial charge in [0.05, 0.1) is 10.9 Å². The fourth-order valence-electron chi connectivity index (χ4n) is 3.57. The first-order chi connectivity index (χ1) is 14.9. The van der Waals surface area contributed by atoms with Gasteiger partial charge in [-0.1, -0.05) is 43.3 Å². The second-order valence-corrected chi connectivity index (χ2v) is 8.58.